The molecule has 0 saturated carbocycles. The smallest absolute Gasteiger partial charge is 0.327 e. The molecule has 170 valence electrons. The van der Waals surface area contributed by atoms with Gasteiger partial charge in [-0.1, -0.05) is 30.0 Å². The SMILES string of the molecule is CCOC(=O)C(Sc1nnc(-c2c[nH]c3ccccc23)n1-c1ccc(OCC)cc1)C(C)=O. The summed E-state index contributed by atoms with van der Waals surface area (Å²) in [4.78, 5) is 27.9. The molecule has 33 heavy (non-hydrogen) atoms. The van der Waals surface area contributed by atoms with Crippen LogP contribution in [0.3, 0.4) is 0 Å². The molecule has 1 unspecified atom stereocenters. The summed E-state index contributed by atoms with van der Waals surface area (Å²) in [6.45, 7) is 5.75. The number of fused-ring (bicyclic) bond motifs is 1. The Kier molecular flexibility index (Phi) is 6.79. The molecule has 0 aliphatic heterocycles. The number of nitrogens with one attached hydrogen (secondary N) is 1. The van der Waals surface area contributed by atoms with E-state index in [2.05, 4.69) is 15.2 Å². The monoisotopic (exact) mass is 464 g/mol. The lowest BCUT2D eigenvalue weighted by Crippen LogP contribution is -2.27. The minimum atomic E-state index is -1.04. The second kappa shape index (κ2) is 9.91. The van der Waals surface area contributed by atoms with Gasteiger partial charge in [0.1, 0.15) is 5.75 Å². The highest BCUT2D eigenvalue weighted by atomic mass is 32.2. The molecule has 9 heteroatoms. The number of ether oxygens (including phenoxy) is 2. The minimum Gasteiger partial charge on any atom is -0.494 e. The number of thioether (sulfide) groups is 1. The van der Waals surface area contributed by atoms with Crippen LogP contribution in [0.2, 0.25) is 0 Å². The molecule has 1 N–H and O–H groups in total. The van der Waals surface area contributed by atoms with Crippen molar-refractivity contribution in [1.82, 2.24) is 19.7 Å². The van der Waals surface area contributed by atoms with E-state index in [0.717, 1.165) is 39.7 Å². The summed E-state index contributed by atoms with van der Waals surface area (Å²) in [5, 5.41) is 9.15. The molecule has 0 amide bonds. The van der Waals surface area contributed by atoms with E-state index < -0.39 is 11.2 Å². The highest BCUT2D eigenvalue weighted by Crippen LogP contribution is 2.34. The van der Waals surface area contributed by atoms with Crippen LogP contribution in [0.1, 0.15) is 20.8 Å². The van der Waals surface area contributed by atoms with E-state index in [4.69, 9.17) is 9.47 Å². The van der Waals surface area contributed by atoms with Crippen molar-refractivity contribution in [2.45, 2.75) is 31.2 Å². The molecule has 1 atom stereocenters. The topological polar surface area (TPSA) is 99.1 Å². The lowest BCUT2D eigenvalue weighted by molar-refractivity contribution is -0.144. The van der Waals surface area contributed by atoms with Gasteiger partial charge in [-0.3, -0.25) is 14.2 Å². The van der Waals surface area contributed by atoms with Gasteiger partial charge in [0.05, 0.1) is 18.9 Å². The molecular weight excluding hydrogens is 440 g/mol. The number of H-pyrrole nitrogens is 1. The van der Waals surface area contributed by atoms with Crippen LogP contribution in [0.4, 0.5) is 0 Å². The Bertz CT molecular complexity index is 1280. The third-order valence-electron chi connectivity index (χ3n) is 4.96. The van der Waals surface area contributed by atoms with E-state index in [-0.39, 0.29) is 12.4 Å². The normalized spacial score (nSPS) is 12.0. The van der Waals surface area contributed by atoms with Crippen LogP contribution in [-0.4, -0.2) is 50.0 Å². The molecule has 0 aliphatic carbocycles. The number of carbonyl (C=O) groups excluding carboxylic acids is 2. The number of esters is 1. The Balaban J connectivity index is 1.83. The summed E-state index contributed by atoms with van der Waals surface area (Å²) in [6.07, 6.45) is 1.88. The van der Waals surface area contributed by atoms with E-state index in [9.17, 15) is 9.59 Å². The largest absolute Gasteiger partial charge is 0.494 e. The summed E-state index contributed by atoms with van der Waals surface area (Å²) in [7, 11) is 0. The van der Waals surface area contributed by atoms with Crippen LogP contribution in [0.25, 0.3) is 28.0 Å². The lowest BCUT2D eigenvalue weighted by atomic mass is 10.1. The molecule has 2 aromatic carbocycles. The summed E-state index contributed by atoms with van der Waals surface area (Å²) in [6, 6.07) is 15.4. The highest BCUT2D eigenvalue weighted by Gasteiger charge is 2.30. The predicted molar refractivity (Wildman–Crippen MR) is 127 cm³/mol. The van der Waals surface area contributed by atoms with E-state index in [1.165, 1.54) is 6.92 Å². The molecule has 8 nitrogen and oxygen atoms in total. The fourth-order valence-electron chi connectivity index (χ4n) is 3.49. The number of Topliss-reactive ketones (excluding diaryl/α,β-unsaturated/α-hetero) is 1. The zero-order valence-corrected chi connectivity index (χ0v) is 19.4. The first-order valence-electron chi connectivity index (χ1n) is 10.6. The molecular formula is C24H24N4O4S. The van der Waals surface area contributed by atoms with Gasteiger partial charge in [0.2, 0.25) is 0 Å². The highest BCUT2D eigenvalue weighted by molar-refractivity contribution is 8.01. The lowest BCUT2D eigenvalue weighted by Gasteiger charge is -2.14. The Labute approximate surface area is 195 Å². The Morgan fingerprint density at radius 1 is 1.06 bits per heavy atom. The molecule has 2 heterocycles. The van der Waals surface area contributed by atoms with Crippen molar-refractivity contribution >= 4 is 34.4 Å². The number of rotatable bonds is 9. The molecule has 0 aliphatic rings. The quantitative estimate of drug-likeness (QED) is 0.222. The summed E-state index contributed by atoms with van der Waals surface area (Å²) >= 11 is 1.03. The molecule has 0 radical (unpaired) electrons. The van der Waals surface area contributed by atoms with Gasteiger partial charge in [-0.2, -0.15) is 0 Å². The Morgan fingerprint density at radius 3 is 2.52 bits per heavy atom. The number of carbonyl (C=O) groups is 2. The van der Waals surface area contributed by atoms with Crippen molar-refractivity contribution in [2.24, 2.45) is 0 Å². The number of aromatic amines is 1. The van der Waals surface area contributed by atoms with Gasteiger partial charge in [0, 0.05) is 22.7 Å². The molecule has 4 rings (SSSR count). The van der Waals surface area contributed by atoms with Gasteiger partial charge in [0.15, 0.2) is 22.0 Å². The maximum atomic E-state index is 12.4. The molecule has 0 saturated heterocycles. The van der Waals surface area contributed by atoms with Crippen LogP contribution in [0.5, 0.6) is 5.75 Å². The summed E-state index contributed by atoms with van der Waals surface area (Å²) < 4.78 is 12.5. The molecule has 4 aromatic rings. The van der Waals surface area contributed by atoms with Crippen molar-refractivity contribution in [3.05, 3.63) is 54.7 Å². The third kappa shape index (κ3) is 4.63. The van der Waals surface area contributed by atoms with Gasteiger partial charge >= 0.3 is 5.97 Å². The van der Waals surface area contributed by atoms with Gasteiger partial charge in [0.25, 0.3) is 0 Å². The zero-order chi connectivity index (χ0) is 23.4. The van der Waals surface area contributed by atoms with Crippen LogP contribution in [0, 0.1) is 0 Å². The first kappa shape index (κ1) is 22.6. The number of ketones is 1. The fraction of sp³-hybridized carbons (Fsp3) is 0.250. The number of aromatic nitrogens is 4. The van der Waals surface area contributed by atoms with Crippen molar-refractivity contribution in [3.8, 4) is 22.8 Å². The number of hydrogen-bond acceptors (Lipinski definition) is 7. The van der Waals surface area contributed by atoms with E-state index in [1.54, 1.807) is 6.92 Å². The number of hydrogen-bond donors (Lipinski definition) is 1. The number of para-hydroxylation sites is 1. The van der Waals surface area contributed by atoms with E-state index in [1.807, 2.05) is 66.2 Å². The maximum Gasteiger partial charge on any atom is 0.327 e. The van der Waals surface area contributed by atoms with Gasteiger partial charge in [-0.25, -0.2) is 0 Å². The first-order chi connectivity index (χ1) is 16.0. The fourth-order valence-corrected chi connectivity index (χ4v) is 4.41. The van der Waals surface area contributed by atoms with Crippen molar-refractivity contribution in [2.75, 3.05) is 13.2 Å². The summed E-state index contributed by atoms with van der Waals surface area (Å²) in [5.41, 5.74) is 2.60. The second-order valence-corrected chi connectivity index (χ2v) is 8.25. The number of benzene rings is 2. The Hall–Kier alpha value is -3.59. The number of nitrogens with zero attached hydrogens (tertiary/aromatic N) is 3. The molecule has 0 bridgehead atoms. The van der Waals surface area contributed by atoms with Crippen LogP contribution in [0.15, 0.2) is 59.9 Å². The van der Waals surface area contributed by atoms with Crippen molar-refractivity contribution in [3.63, 3.8) is 0 Å². The van der Waals surface area contributed by atoms with Crippen LogP contribution < -0.4 is 4.74 Å². The Morgan fingerprint density at radius 2 is 1.82 bits per heavy atom. The van der Waals surface area contributed by atoms with E-state index in [0.29, 0.717) is 17.6 Å². The standard InChI is InChI=1S/C24H24N4O4S/c1-4-31-17-12-10-16(11-13-17)28-22(19-14-25-20-9-7-6-8-18(19)20)26-27-24(28)33-21(15(3)29)23(30)32-5-2/h6-14,21,25H,4-5H2,1-3H3. The van der Waals surface area contributed by atoms with Crippen molar-refractivity contribution < 1.29 is 19.1 Å². The van der Waals surface area contributed by atoms with Gasteiger partial charge in [-0.15, -0.1) is 10.2 Å². The molecule has 0 fully saturated rings. The van der Waals surface area contributed by atoms with Crippen LogP contribution >= 0.6 is 11.8 Å². The predicted octanol–water partition coefficient (Wildman–Crippen LogP) is 4.43. The average Bonchev–Trinajstić information content (AvgIpc) is 3.42. The maximum absolute atomic E-state index is 12.4. The average molecular weight is 465 g/mol. The summed E-state index contributed by atoms with van der Waals surface area (Å²) in [5.74, 6) is 0.425. The van der Waals surface area contributed by atoms with E-state index >= 15 is 0 Å². The molecule has 2 aromatic heterocycles. The zero-order valence-electron chi connectivity index (χ0n) is 18.6. The second-order valence-electron chi connectivity index (χ2n) is 7.18. The molecule has 0 spiro atoms. The van der Waals surface area contributed by atoms with Crippen LogP contribution in [-0.2, 0) is 14.3 Å². The first-order valence-corrected chi connectivity index (χ1v) is 11.5. The van der Waals surface area contributed by atoms with Crippen molar-refractivity contribution in [1.29, 1.82) is 0 Å². The third-order valence-corrected chi connectivity index (χ3v) is 6.20. The minimum absolute atomic E-state index is 0.190. The van der Waals surface area contributed by atoms with Gasteiger partial charge < -0.3 is 14.5 Å². The van der Waals surface area contributed by atoms with Gasteiger partial charge in [-0.05, 0) is 51.1 Å².